The smallest absolute Gasteiger partial charge is 0.243 e. The Balaban J connectivity index is 1.32. The van der Waals surface area contributed by atoms with E-state index in [-0.39, 0.29) is 16.7 Å². The Labute approximate surface area is 193 Å². The van der Waals surface area contributed by atoms with Gasteiger partial charge in [-0.2, -0.15) is 9.57 Å². The highest BCUT2D eigenvalue weighted by molar-refractivity contribution is 7.89. The highest BCUT2D eigenvalue weighted by Crippen LogP contribution is 2.27. The first-order chi connectivity index (χ1) is 15.4. The minimum atomic E-state index is -3.63. The van der Waals surface area contributed by atoms with Crippen molar-refractivity contribution in [3.05, 3.63) is 53.2 Å². The van der Waals surface area contributed by atoms with Crippen LogP contribution in [0.25, 0.3) is 0 Å². The van der Waals surface area contributed by atoms with Crippen molar-refractivity contribution in [3.63, 3.8) is 0 Å². The largest absolute Gasteiger partial charge is 0.352 e. The number of nitriles is 1. The van der Waals surface area contributed by atoms with Gasteiger partial charge in [0.05, 0.1) is 21.6 Å². The standard InChI is InChI=1S/C22H24ClN5O3S/c23-20-2-1-9-25-21(20)26-12-14-27(15-13-26)22(29)18-7-10-28(11-8-18)32(30,31)19-5-3-17(16-24)4-6-19/h1-6,9,18H,7-8,10-15H2. The maximum Gasteiger partial charge on any atom is 0.243 e. The number of anilines is 1. The van der Waals surface area contributed by atoms with Crippen molar-refractivity contribution in [1.82, 2.24) is 14.2 Å². The molecule has 4 rings (SSSR count). The molecule has 0 radical (unpaired) electrons. The third kappa shape index (κ3) is 4.58. The lowest BCUT2D eigenvalue weighted by Crippen LogP contribution is -2.52. The number of piperidine rings is 1. The van der Waals surface area contributed by atoms with Gasteiger partial charge in [0.15, 0.2) is 0 Å². The summed E-state index contributed by atoms with van der Waals surface area (Å²) in [6, 6.07) is 11.5. The molecular weight excluding hydrogens is 450 g/mol. The number of aromatic nitrogens is 1. The van der Waals surface area contributed by atoms with Crippen LogP contribution in [0.1, 0.15) is 18.4 Å². The summed E-state index contributed by atoms with van der Waals surface area (Å²) in [5.74, 6) is 0.655. The van der Waals surface area contributed by atoms with E-state index in [1.807, 2.05) is 11.0 Å². The number of nitrogens with zero attached hydrogens (tertiary/aromatic N) is 5. The molecule has 0 unspecified atom stereocenters. The molecule has 2 aliphatic rings. The fourth-order valence-corrected chi connectivity index (χ4v) is 5.91. The Morgan fingerprint density at radius 1 is 1.03 bits per heavy atom. The van der Waals surface area contributed by atoms with Crippen molar-refractivity contribution in [1.29, 1.82) is 5.26 Å². The van der Waals surface area contributed by atoms with Gasteiger partial charge in [-0.25, -0.2) is 13.4 Å². The van der Waals surface area contributed by atoms with Crippen molar-refractivity contribution in [2.45, 2.75) is 17.7 Å². The van der Waals surface area contributed by atoms with Crippen LogP contribution in [0.2, 0.25) is 5.02 Å². The second-order valence-electron chi connectivity index (χ2n) is 7.94. The zero-order valence-corrected chi connectivity index (χ0v) is 19.1. The summed E-state index contributed by atoms with van der Waals surface area (Å²) in [4.78, 5) is 21.5. The minimum Gasteiger partial charge on any atom is -0.352 e. The van der Waals surface area contributed by atoms with E-state index in [4.69, 9.17) is 16.9 Å². The van der Waals surface area contributed by atoms with Crippen LogP contribution in [0.4, 0.5) is 5.82 Å². The molecular formula is C22H24ClN5O3S. The number of carbonyl (C=O) groups excluding carboxylic acids is 1. The van der Waals surface area contributed by atoms with E-state index in [2.05, 4.69) is 9.88 Å². The van der Waals surface area contributed by atoms with Gasteiger partial charge in [-0.15, -0.1) is 0 Å². The summed E-state index contributed by atoms with van der Waals surface area (Å²) < 4.78 is 27.2. The molecule has 1 aromatic carbocycles. The minimum absolute atomic E-state index is 0.0900. The van der Waals surface area contributed by atoms with Gasteiger partial charge < -0.3 is 9.80 Å². The summed E-state index contributed by atoms with van der Waals surface area (Å²) in [6.07, 6.45) is 2.71. The fraction of sp³-hybridized carbons (Fsp3) is 0.409. The van der Waals surface area contributed by atoms with Gasteiger partial charge in [-0.05, 0) is 49.2 Å². The molecule has 3 heterocycles. The van der Waals surface area contributed by atoms with Crippen molar-refractivity contribution < 1.29 is 13.2 Å². The lowest BCUT2D eigenvalue weighted by Gasteiger charge is -2.38. The van der Waals surface area contributed by atoms with E-state index in [1.165, 1.54) is 28.6 Å². The average Bonchev–Trinajstić information content (AvgIpc) is 2.84. The van der Waals surface area contributed by atoms with Gasteiger partial charge in [-0.3, -0.25) is 4.79 Å². The molecule has 2 aliphatic heterocycles. The molecule has 2 saturated heterocycles. The van der Waals surface area contributed by atoms with Gasteiger partial charge in [0.2, 0.25) is 15.9 Å². The first-order valence-electron chi connectivity index (χ1n) is 10.5. The van der Waals surface area contributed by atoms with Gasteiger partial charge in [-0.1, -0.05) is 11.6 Å². The fourth-order valence-electron chi connectivity index (χ4n) is 4.20. The second kappa shape index (κ2) is 9.45. The molecule has 0 spiro atoms. The molecule has 2 fully saturated rings. The van der Waals surface area contributed by atoms with E-state index in [0.717, 1.165) is 5.82 Å². The summed E-state index contributed by atoms with van der Waals surface area (Å²) in [7, 11) is -3.63. The maximum absolute atomic E-state index is 13.0. The van der Waals surface area contributed by atoms with Crippen molar-refractivity contribution >= 4 is 33.3 Å². The van der Waals surface area contributed by atoms with Gasteiger partial charge >= 0.3 is 0 Å². The van der Waals surface area contributed by atoms with Crippen LogP contribution in [0.5, 0.6) is 0 Å². The number of hydrogen-bond donors (Lipinski definition) is 0. The quantitative estimate of drug-likeness (QED) is 0.676. The Morgan fingerprint density at radius 3 is 2.28 bits per heavy atom. The van der Waals surface area contributed by atoms with Crippen LogP contribution in [0.3, 0.4) is 0 Å². The summed E-state index contributed by atoms with van der Waals surface area (Å²) >= 11 is 6.24. The van der Waals surface area contributed by atoms with Crippen molar-refractivity contribution in [3.8, 4) is 6.07 Å². The molecule has 8 nitrogen and oxygen atoms in total. The highest BCUT2D eigenvalue weighted by atomic mass is 35.5. The lowest BCUT2D eigenvalue weighted by molar-refractivity contribution is -0.137. The molecule has 0 N–H and O–H groups in total. The third-order valence-electron chi connectivity index (χ3n) is 6.05. The number of rotatable bonds is 4. The van der Waals surface area contributed by atoms with E-state index in [0.29, 0.717) is 62.7 Å². The molecule has 32 heavy (non-hydrogen) atoms. The first kappa shape index (κ1) is 22.5. The van der Waals surface area contributed by atoms with Crippen molar-refractivity contribution in [2.75, 3.05) is 44.2 Å². The predicted octanol–water partition coefficient (Wildman–Crippen LogP) is 2.36. The van der Waals surface area contributed by atoms with Crippen LogP contribution in [0.15, 0.2) is 47.5 Å². The Morgan fingerprint density at radius 2 is 1.69 bits per heavy atom. The number of hydrogen-bond acceptors (Lipinski definition) is 6. The number of benzene rings is 1. The van der Waals surface area contributed by atoms with Gasteiger partial charge in [0.1, 0.15) is 5.82 Å². The second-order valence-corrected chi connectivity index (χ2v) is 10.3. The van der Waals surface area contributed by atoms with E-state index in [1.54, 1.807) is 18.3 Å². The van der Waals surface area contributed by atoms with Crippen molar-refractivity contribution in [2.24, 2.45) is 5.92 Å². The van der Waals surface area contributed by atoms with Gasteiger partial charge in [0, 0.05) is 51.4 Å². The number of carbonyl (C=O) groups is 1. The first-order valence-corrected chi connectivity index (χ1v) is 12.4. The van der Waals surface area contributed by atoms with Crippen LogP contribution in [0, 0.1) is 17.2 Å². The highest BCUT2D eigenvalue weighted by Gasteiger charge is 2.34. The number of pyridine rings is 1. The molecule has 0 saturated carbocycles. The molecule has 2 aromatic rings. The molecule has 0 bridgehead atoms. The van der Waals surface area contributed by atoms with E-state index < -0.39 is 10.0 Å². The molecule has 10 heteroatoms. The molecule has 168 valence electrons. The van der Waals surface area contributed by atoms with Crippen LogP contribution in [-0.4, -0.2) is 67.8 Å². The number of piperazine rings is 1. The normalized spacial score (nSPS) is 18.4. The summed E-state index contributed by atoms with van der Waals surface area (Å²) in [5.41, 5.74) is 0.415. The Bertz CT molecular complexity index is 1120. The van der Waals surface area contributed by atoms with E-state index in [9.17, 15) is 13.2 Å². The molecule has 1 aromatic heterocycles. The van der Waals surface area contributed by atoms with Crippen LogP contribution < -0.4 is 4.90 Å². The topological polar surface area (TPSA) is 97.6 Å². The third-order valence-corrected chi connectivity index (χ3v) is 8.26. The summed E-state index contributed by atoms with van der Waals surface area (Å²) in [6.45, 7) is 3.12. The summed E-state index contributed by atoms with van der Waals surface area (Å²) in [5, 5.41) is 9.50. The van der Waals surface area contributed by atoms with E-state index >= 15 is 0 Å². The Kier molecular flexibility index (Phi) is 6.65. The number of halogens is 1. The molecule has 1 amide bonds. The zero-order chi connectivity index (χ0) is 22.7. The molecule has 0 atom stereocenters. The monoisotopic (exact) mass is 473 g/mol. The predicted molar refractivity (Wildman–Crippen MR) is 121 cm³/mol. The number of amides is 1. The maximum atomic E-state index is 13.0. The van der Waals surface area contributed by atoms with Crippen LogP contribution in [-0.2, 0) is 14.8 Å². The zero-order valence-electron chi connectivity index (χ0n) is 17.5. The average molecular weight is 474 g/mol. The Hall–Kier alpha value is -2.67. The molecule has 0 aliphatic carbocycles. The van der Waals surface area contributed by atoms with Crippen LogP contribution >= 0.6 is 11.6 Å². The SMILES string of the molecule is N#Cc1ccc(S(=O)(=O)N2CCC(C(=O)N3CCN(c4ncccc4Cl)CC3)CC2)cc1. The number of sulfonamides is 1. The van der Waals surface area contributed by atoms with Gasteiger partial charge in [0.25, 0.3) is 0 Å². The lowest BCUT2D eigenvalue weighted by atomic mass is 9.96.